The summed E-state index contributed by atoms with van der Waals surface area (Å²) in [4.78, 5) is 9.36. The lowest BCUT2D eigenvalue weighted by molar-refractivity contribution is -0.405. The maximum Gasteiger partial charge on any atom is 0.401 e. The summed E-state index contributed by atoms with van der Waals surface area (Å²) in [6.45, 7) is 0. The van der Waals surface area contributed by atoms with Gasteiger partial charge in [-0.1, -0.05) is 0 Å². The first-order valence-corrected chi connectivity index (χ1v) is 3.22. The summed E-state index contributed by atoms with van der Waals surface area (Å²) >= 11 is 0. The molecule has 0 aromatic carbocycles. The minimum atomic E-state index is -0.892. The standard InChI is InChI=1S/C5H3N5O3/c11-5-4(10(12)13)8-7-3-1-2-6-9(3)5/h1-2,11H/p-1. The molecule has 0 aliphatic carbocycles. The van der Waals surface area contributed by atoms with Crippen molar-refractivity contribution in [3.8, 4) is 5.88 Å². The van der Waals surface area contributed by atoms with Gasteiger partial charge in [0.1, 0.15) is 0 Å². The number of rotatable bonds is 1. The van der Waals surface area contributed by atoms with Crippen molar-refractivity contribution in [3.05, 3.63) is 22.4 Å². The van der Waals surface area contributed by atoms with E-state index in [9.17, 15) is 15.2 Å². The Labute approximate surface area is 70.6 Å². The number of hydrogen-bond donors (Lipinski definition) is 0. The molecule has 0 N–H and O–H groups in total. The molecule has 0 saturated carbocycles. The van der Waals surface area contributed by atoms with E-state index < -0.39 is 16.6 Å². The Balaban J connectivity index is 2.80. The van der Waals surface area contributed by atoms with Gasteiger partial charge in [0.2, 0.25) is 5.65 Å². The van der Waals surface area contributed by atoms with Gasteiger partial charge in [0, 0.05) is 6.07 Å². The molecule has 0 aliphatic rings. The third kappa shape index (κ3) is 0.956. The van der Waals surface area contributed by atoms with Gasteiger partial charge in [0.05, 0.1) is 17.2 Å². The predicted molar refractivity (Wildman–Crippen MR) is 36.9 cm³/mol. The Morgan fingerprint density at radius 3 is 2.92 bits per heavy atom. The van der Waals surface area contributed by atoms with E-state index in [1.165, 1.54) is 12.3 Å². The molecule has 66 valence electrons. The first-order valence-electron chi connectivity index (χ1n) is 3.22. The van der Waals surface area contributed by atoms with Crippen LogP contribution in [0.4, 0.5) is 5.82 Å². The highest BCUT2D eigenvalue weighted by molar-refractivity contribution is 5.42. The minimum absolute atomic E-state index is 0.190. The zero-order valence-corrected chi connectivity index (χ0v) is 6.12. The van der Waals surface area contributed by atoms with Gasteiger partial charge in [-0.2, -0.15) is 5.10 Å². The van der Waals surface area contributed by atoms with Crippen LogP contribution < -0.4 is 5.11 Å². The summed E-state index contributed by atoms with van der Waals surface area (Å²) in [5.41, 5.74) is 0.190. The van der Waals surface area contributed by atoms with Crippen molar-refractivity contribution in [1.82, 2.24) is 19.8 Å². The molecule has 8 nitrogen and oxygen atoms in total. The molecular formula is C5H2N5O3-. The molecule has 2 rings (SSSR count). The van der Waals surface area contributed by atoms with Crippen LogP contribution in [0.25, 0.3) is 5.65 Å². The van der Waals surface area contributed by atoms with Crippen molar-refractivity contribution in [1.29, 1.82) is 0 Å². The van der Waals surface area contributed by atoms with Crippen molar-refractivity contribution in [3.63, 3.8) is 0 Å². The Morgan fingerprint density at radius 1 is 1.46 bits per heavy atom. The van der Waals surface area contributed by atoms with Gasteiger partial charge in [-0.15, -0.1) is 0 Å². The van der Waals surface area contributed by atoms with Crippen LogP contribution in [0, 0.1) is 10.1 Å². The van der Waals surface area contributed by atoms with Gasteiger partial charge in [-0.3, -0.25) is 0 Å². The molecule has 0 saturated heterocycles. The fourth-order valence-electron chi connectivity index (χ4n) is 0.879. The predicted octanol–water partition coefficient (Wildman–Crippen LogP) is -0.894. The third-order valence-electron chi connectivity index (χ3n) is 1.43. The Hall–Kier alpha value is -2.25. The Bertz CT molecular complexity index is 478. The largest absolute Gasteiger partial charge is 0.853 e. The van der Waals surface area contributed by atoms with Gasteiger partial charge in [-0.25, -0.2) is 4.52 Å². The lowest BCUT2D eigenvalue weighted by atomic mass is 10.6. The van der Waals surface area contributed by atoms with Gasteiger partial charge in [0.25, 0.3) is 0 Å². The average Bonchev–Trinajstić information content (AvgIpc) is 2.52. The van der Waals surface area contributed by atoms with Crippen molar-refractivity contribution in [2.45, 2.75) is 0 Å². The molecular weight excluding hydrogens is 178 g/mol. The zero-order chi connectivity index (χ0) is 9.42. The van der Waals surface area contributed by atoms with Gasteiger partial charge < -0.3 is 15.2 Å². The monoisotopic (exact) mass is 180 g/mol. The van der Waals surface area contributed by atoms with Gasteiger partial charge in [-0.05, 0) is 10.0 Å². The smallest absolute Gasteiger partial charge is 0.401 e. The van der Waals surface area contributed by atoms with Crippen LogP contribution in [-0.4, -0.2) is 24.7 Å². The molecule has 0 aliphatic heterocycles. The van der Waals surface area contributed by atoms with E-state index in [-0.39, 0.29) is 5.65 Å². The highest BCUT2D eigenvalue weighted by atomic mass is 16.6. The van der Waals surface area contributed by atoms with Crippen molar-refractivity contribution >= 4 is 11.5 Å². The van der Waals surface area contributed by atoms with E-state index in [1.54, 1.807) is 0 Å². The summed E-state index contributed by atoms with van der Waals surface area (Å²) < 4.78 is 0.825. The zero-order valence-electron chi connectivity index (χ0n) is 6.12. The maximum atomic E-state index is 11.2. The van der Waals surface area contributed by atoms with E-state index in [2.05, 4.69) is 15.3 Å². The molecule has 8 heteroatoms. The van der Waals surface area contributed by atoms with Crippen molar-refractivity contribution < 1.29 is 10.0 Å². The fourth-order valence-corrected chi connectivity index (χ4v) is 0.879. The summed E-state index contributed by atoms with van der Waals surface area (Å²) in [5, 5.41) is 31.6. The molecule has 0 spiro atoms. The number of hydrogen-bond acceptors (Lipinski definition) is 6. The van der Waals surface area contributed by atoms with Gasteiger partial charge in [0.15, 0.2) is 0 Å². The van der Waals surface area contributed by atoms with E-state index in [1.807, 2.05) is 0 Å². The van der Waals surface area contributed by atoms with E-state index in [0.29, 0.717) is 0 Å². The van der Waals surface area contributed by atoms with Crippen LogP contribution in [0.3, 0.4) is 0 Å². The van der Waals surface area contributed by atoms with Crippen LogP contribution in [0.2, 0.25) is 0 Å². The minimum Gasteiger partial charge on any atom is -0.853 e. The molecule has 2 aromatic rings. The van der Waals surface area contributed by atoms with Crippen LogP contribution >= 0.6 is 0 Å². The van der Waals surface area contributed by atoms with Gasteiger partial charge >= 0.3 is 5.82 Å². The second-order valence-corrected chi connectivity index (χ2v) is 2.19. The van der Waals surface area contributed by atoms with Crippen LogP contribution in [0.5, 0.6) is 5.88 Å². The molecule has 13 heavy (non-hydrogen) atoms. The number of nitrogens with zero attached hydrogens (tertiary/aromatic N) is 5. The van der Waals surface area contributed by atoms with E-state index in [4.69, 9.17) is 0 Å². The summed E-state index contributed by atoms with van der Waals surface area (Å²) in [5.74, 6) is -1.70. The Morgan fingerprint density at radius 2 is 2.23 bits per heavy atom. The second kappa shape index (κ2) is 2.37. The lowest BCUT2D eigenvalue weighted by Gasteiger charge is -2.05. The maximum absolute atomic E-state index is 11.2. The third-order valence-corrected chi connectivity index (χ3v) is 1.43. The average molecular weight is 180 g/mol. The summed E-state index contributed by atoms with van der Waals surface area (Å²) in [6, 6.07) is 1.43. The number of aromatic nitrogens is 4. The van der Waals surface area contributed by atoms with E-state index in [0.717, 1.165) is 4.52 Å². The summed E-state index contributed by atoms with van der Waals surface area (Å²) in [6.07, 6.45) is 1.31. The van der Waals surface area contributed by atoms with Crippen LogP contribution in [0.1, 0.15) is 0 Å². The molecule has 2 heterocycles. The van der Waals surface area contributed by atoms with Crippen LogP contribution in [-0.2, 0) is 0 Å². The van der Waals surface area contributed by atoms with Crippen molar-refractivity contribution in [2.24, 2.45) is 0 Å². The first-order chi connectivity index (χ1) is 6.20. The fraction of sp³-hybridized carbons (Fsp3) is 0. The lowest BCUT2D eigenvalue weighted by Crippen LogP contribution is -2.08. The molecule has 0 fully saturated rings. The molecule has 2 aromatic heterocycles. The highest BCUT2D eigenvalue weighted by Gasteiger charge is 2.13. The molecule has 0 atom stereocenters. The molecule has 0 radical (unpaired) electrons. The topological polar surface area (TPSA) is 109 Å². The Kier molecular flexibility index (Phi) is 1.35. The number of fused-ring (bicyclic) bond motifs is 1. The first kappa shape index (κ1) is 7.40. The molecule has 0 unspecified atom stereocenters. The number of nitro groups is 1. The molecule has 0 amide bonds. The van der Waals surface area contributed by atoms with Crippen LogP contribution in [0.15, 0.2) is 12.3 Å². The molecule has 0 bridgehead atoms. The highest BCUT2D eigenvalue weighted by Crippen LogP contribution is 2.17. The quantitative estimate of drug-likeness (QED) is 0.415. The summed E-state index contributed by atoms with van der Waals surface area (Å²) in [7, 11) is 0. The van der Waals surface area contributed by atoms with Crippen molar-refractivity contribution in [2.75, 3.05) is 0 Å². The second-order valence-electron chi connectivity index (χ2n) is 2.19. The SMILES string of the molecule is O=[N+]([O-])c1nnc2ccnn2c1[O-]. The van der Waals surface area contributed by atoms with E-state index >= 15 is 0 Å². The normalized spacial score (nSPS) is 10.5.